The third-order valence-corrected chi connectivity index (χ3v) is 3.78. The molecule has 0 N–H and O–H groups in total. The molecule has 1 aliphatic rings. The predicted octanol–water partition coefficient (Wildman–Crippen LogP) is 4.27. The largest absolute Gasteiger partial charge is 0.484 e. The zero-order valence-corrected chi connectivity index (χ0v) is 12.1. The quantitative estimate of drug-likeness (QED) is 0.821. The maximum Gasteiger partial charge on any atom is 0.416 e. The fourth-order valence-corrected chi connectivity index (χ4v) is 2.72. The van der Waals surface area contributed by atoms with Gasteiger partial charge in [0.2, 0.25) is 0 Å². The minimum atomic E-state index is -4.32. The van der Waals surface area contributed by atoms with Crippen molar-refractivity contribution >= 4 is 0 Å². The Balaban J connectivity index is 1.81. The zero-order chi connectivity index (χ0) is 15.7. The molecule has 1 atom stereocenters. The van der Waals surface area contributed by atoms with Crippen LogP contribution in [0.2, 0.25) is 0 Å². The summed E-state index contributed by atoms with van der Waals surface area (Å²) in [5, 5.41) is 0. The summed E-state index contributed by atoms with van der Waals surface area (Å²) in [5.41, 5.74) is 1.62. The van der Waals surface area contributed by atoms with Gasteiger partial charge in [-0.25, -0.2) is 0 Å². The molecule has 1 aliphatic heterocycles. The SMILES string of the molecule is CN1Cc2ccccc2C(Oc2ccc(C(F)(F)F)cc2)C1. The maximum atomic E-state index is 12.6. The van der Waals surface area contributed by atoms with Gasteiger partial charge in [-0.05, 0) is 42.4 Å². The van der Waals surface area contributed by atoms with Gasteiger partial charge >= 0.3 is 6.18 Å². The van der Waals surface area contributed by atoms with Gasteiger partial charge in [0.15, 0.2) is 0 Å². The van der Waals surface area contributed by atoms with Gasteiger partial charge in [0.1, 0.15) is 11.9 Å². The highest BCUT2D eigenvalue weighted by Gasteiger charge is 2.30. The lowest BCUT2D eigenvalue weighted by Crippen LogP contribution is -2.33. The van der Waals surface area contributed by atoms with Crippen LogP contribution >= 0.6 is 0 Å². The van der Waals surface area contributed by atoms with Crippen molar-refractivity contribution < 1.29 is 17.9 Å². The molecule has 2 aromatic carbocycles. The van der Waals surface area contributed by atoms with Crippen molar-refractivity contribution in [3.63, 3.8) is 0 Å². The first-order chi connectivity index (χ1) is 10.4. The van der Waals surface area contributed by atoms with Crippen LogP contribution in [0.4, 0.5) is 13.2 Å². The van der Waals surface area contributed by atoms with Gasteiger partial charge in [0.05, 0.1) is 5.56 Å². The second-order valence-corrected chi connectivity index (χ2v) is 5.52. The monoisotopic (exact) mass is 307 g/mol. The number of hydrogen-bond donors (Lipinski definition) is 0. The molecule has 5 heteroatoms. The van der Waals surface area contributed by atoms with Gasteiger partial charge in [-0.3, -0.25) is 4.90 Å². The lowest BCUT2D eigenvalue weighted by Gasteiger charge is -2.32. The molecule has 116 valence electrons. The fourth-order valence-electron chi connectivity index (χ4n) is 2.72. The molecule has 0 amide bonds. The average molecular weight is 307 g/mol. The average Bonchev–Trinajstić information content (AvgIpc) is 2.46. The number of benzene rings is 2. The maximum absolute atomic E-state index is 12.6. The highest BCUT2D eigenvalue weighted by atomic mass is 19.4. The fraction of sp³-hybridized carbons (Fsp3) is 0.294. The minimum absolute atomic E-state index is 0.174. The van der Waals surface area contributed by atoms with Crippen LogP contribution < -0.4 is 4.74 Å². The number of rotatable bonds is 2. The van der Waals surface area contributed by atoms with E-state index >= 15 is 0 Å². The van der Waals surface area contributed by atoms with Crippen molar-refractivity contribution in [1.29, 1.82) is 0 Å². The Morgan fingerprint density at radius 1 is 1.05 bits per heavy atom. The third kappa shape index (κ3) is 3.09. The van der Waals surface area contributed by atoms with E-state index in [0.29, 0.717) is 12.3 Å². The molecule has 0 radical (unpaired) electrons. The van der Waals surface area contributed by atoms with Gasteiger partial charge in [0, 0.05) is 13.1 Å². The van der Waals surface area contributed by atoms with Gasteiger partial charge in [0.25, 0.3) is 0 Å². The summed E-state index contributed by atoms with van der Waals surface area (Å²) in [6.45, 7) is 1.56. The van der Waals surface area contributed by atoms with Crippen LogP contribution in [0.3, 0.4) is 0 Å². The van der Waals surface area contributed by atoms with Crippen LogP contribution in [0.15, 0.2) is 48.5 Å². The van der Waals surface area contributed by atoms with E-state index in [0.717, 1.165) is 24.2 Å². The van der Waals surface area contributed by atoms with Gasteiger partial charge in [-0.2, -0.15) is 13.2 Å². The smallest absolute Gasteiger partial charge is 0.416 e. The molecule has 2 aromatic rings. The van der Waals surface area contributed by atoms with Crippen LogP contribution in [0, 0.1) is 0 Å². The summed E-state index contributed by atoms with van der Waals surface area (Å²) < 4.78 is 43.6. The first kappa shape index (κ1) is 14.9. The molecular weight excluding hydrogens is 291 g/mol. The van der Waals surface area contributed by atoms with E-state index in [9.17, 15) is 13.2 Å². The number of nitrogens with zero attached hydrogens (tertiary/aromatic N) is 1. The molecule has 0 aliphatic carbocycles. The number of ether oxygens (including phenoxy) is 1. The lowest BCUT2D eigenvalue weighted by atomic mass is 9.97. The first-order valence-corrected chi connectivity index (χ1v) is 7.04. The first-order valence-electron chi connectivity index (χ1n) is 7.04. The number of halogens is 3. The normalized spacial score (nSPS) is 18.8. The summed E-state index contributed by atoms with van der Waals surface area (Å²) in [4.78, 5) is 2.14. The second kappa shape index (κ2) is 5.65. The summed E-state index contributed by atoms with van der Waals surface area (Å²) in [6, 6.07) is 12.8. The van der Waals surface area contributed by atoms with Crippen molar-refractivity contribution in [2.45, 2.75) is 18.8 Å². The standard InChI is InChI=1S/C17H16F3NO/c1-21-10-12-4-2-3-5-15(12)16(11-21)22-14-8-6-13(7-9-14)17(18,19)20/h2-9,16H,10-11H2,1H3. The van der Waals surface area contributed by atoms with Crippen molar-refractivity contribution in [1.82, 2.24) is 4.90 Å². The molecule has 1 unspecified atom stereocenters. The van der Waals surface area contributed by atoms with Crippen LogP contribution in [-0.4, -0.2) is 18.5 Å². The van der Waals surface area contributed by atoms with Crippen LogP contribution in [-0.2, 0) is 12.7 Å². The summed E-state index contributed by atoms with van der Waals surface area (Å²) >= 11 is 0. The molecule has 0 spiro atoms. The van der Waals surface area contributed by atoms with Crippen molar-refractivity contribution in [2.24, 2.45) is 0 Å². The van der Waals surface area contributed by atoms with Crippen molar-refractivity contribution in [3.05, 3.63) is 65.2 Å². The Hall–Kier alpha value is -2.01. The molecule has 0 fully saturated rings. The Labute approximate surface area is 127 Å². The van der Waals surface area contributed by atoms with Crippen LogP contribution in [0.1, 0.15) is 22.8 Å². The van der Waals surface area contributed by atoms with Crippen LogP contribution in [0.5, 0.6) is 5.75 Å². The summed E-state index contributed by atoms with van der Waals surface area (Å²) in [6.07, 6.45) is -4.50. The number of alkyl halides is 3. The van der Waals surface area contributed by atoms with E-state index in [2.05, 4.69) is 4.90 Å². The molecule has 3 rings (SSSR count). The molecular formula is C17H16F3NO. The lowest BCUT2D eigenvalue weighted by molar-refractivity contribution is -0.137. The third-order valence-electron chi connectivity index (χ3n) is 3.78. The van der Waals surface area contributed by atoms with Crippen LogP contribution in [0.25, 0.3) is 0 Å². The number of fused-ring (bicyclic) bond motifs is 1. The molecule has 2 nitrogen and oxygen atoms in total. The number of likely N-dealkylation sites (N-methyl/N-ethyl adjacent to an activating group) is 1. The molecule has 1 heterocycles. The molecule has 0 saturated heterocycles. The van der Waals surface area contributed by atoms with E-state index in [1.807, 2.05) is 31.3 Å². The van der Waals surface area contributed by atoms with Gasteiger partial charge in [-0.15, -0.1) is 0 Å². The highest BCUT2D eigenvalue weighted by molar-refractivity contribution is 5.34. The van der Waals surface area contributed by atoms with Gasteiger partial charge < -0.3 is 4.74 Å². The van der Waals surface area contributed by atoms with Crippen molar-refractivity contribution in [2.75, 3.05) is 13.6 Å². The van der Waals surface area contributed by atoms with E-state index in [1.54, 1.807) is 0 Å². The van der Waals surface area contributed by atoms with E-state index in [1.165, 1.54) is 17.7 Å². The zero-order valence-electron chi connectivity index (χ0n) is 12.1. The van der Waals surface area contributed by atoms with E-state index in [-0.39, 0.29) is 6.10 Å². The Kier molecular flexibility index (Phi) is 3.83. The van der Waals surface area contributed by atoms with Crippen molar-refractivity contribution in [3.8, 4) is 5.75 Å². The van der Waals surface area contributed by atoms with E-state index in [4.69, 9.17) is 4.74 Å². The molecule has 0 aromatic heterocycles. The minimum Gasteiger partial charge on any atom is -0.484 e. The molecule has 0 saturated carbocycles. The summed E-state index contributed by atoms with van der Waals surface area (Å²) in [7, 11) is 2.00. The predicted molar refractivity (Wildman–Crippen MR) is 77.6 cm³/mol. The Bertz CT molecular complexity index is 652. The Morgan fingerprint density at radius 2 is 1.73 bits per heavy atom. The second-order valence-electron chi connectivity index (χ2n) is 5.52. The molecule has 22 heavy (non-hydrogen) atoms. The number of hydrogen-bond acceptors (Lipinski definition) is 2. The molecule has 0 bridgehead atoms. The van der Waals surface area contributed by atoms with Gasteiger partial charge in [-0.1, -0.05) is 24.3 Å². The highest BCUT2D eigenvalue weighted by Crippen LogP contribution is 2.33. The Morgan fingerprint density at radius 3 is 2.41 bits per heavy atom. The topological polar surface area (TPSA) is 12.5 Å². The van der Waals surface area contributed by atoms with E-state index < -0.39 is 11.7 Å². The summed E-state index contributed by atoms with van der Waals surface area (Å²) in [5.74, 6) is 0.447.